The number of ketones is 3. The summed E-state index contributed by atoms with van der Waals surface area (Å²) in [6.45, 7) is 0.729. The number of Topliss-reactive ketones (excluding diaryl/α,β-unsaturated/α-hetero) is 1. The number of aromatic hydroxyl groups is 2. The lowest BCUT2D eigenvalue weighted by atomic mass is 9.72. The van der Waals surface area contributed by atoms with Crippen molar-refractivity contribution in [2.45, 2.75) is 62.4 Å². The van der Waals surface area contributed by atoms with Crippen molar-refractivity contribution in [1.29, 1.82) is 0 Å². The van der Waals surface area contributed by atoms with Gasteiger partial charge in [-0.05, 0) is 25.1 Å². The Balaban J connectivity index is 1.42. The van der Waals surface area contributed by atoms with Crippen LogP contribution >= 0.6 is 0 Å². The van der Waals surface area contributed by atoms with Crippen LogP contribution in [0, 0.1) is 0 Å². The molecule has 0 amide bonds. The number of ether oxygens (including phenoxy) is 4. The number of fused-ring (bicyclic) bond motifs is 3. The van der Waals surface area contributed by atoms with E-state index in [0.29, 0.717) is 0 Å². The Kier molecular flexibility index (Phi) is 8.36. The number of hydrogen-bond acceptors (Lipinski definition) is 13. The summed E-state index contributed by atoms with van der Waals surface area (Å²) in [6.07, 6.45) is -5.45. The summed E-state index contributed by atoms with van der Waals surface area (Å²) in [7, 11) is 1.32. The molecule has 13 nitrogen and oxygen atoms in total. The van der Waals surface area contributed by atoms with E-state index in [1.54, 1.807) is 25.1 Å². The van der Waals surface area contributed by atoms with Crippen molar-refractivity contribution in [2.75, 3.05) is 13.7 Å². The Labute approximate surface area is 268 Å². The minimum atomic E-state index is -2.34. The lowest BCUT2D eigenvalue weighted by Crippen LogP contribution is -2.53. The van der Waals surface area contributed by atoms with Gasteiger partial charge in [0, 0.05) is 42.0 Å². The van der Waals surface area contributed by atoms with Crippen LogP contribution < -0.4 is 10.5 Å². The SMILES string of the molecule is COc1cccc2c1C(=O)c1c(O)c3c(c(O)c1C2=O)C[C@@](O)(C(=O)COC(=O)c1ccccc1)C[C@@H]3OC1CC(N)C(O)C(C)O1. The highest BCUT2D eigenvalue weighted by Gasteiger charge is 2.50. The second-order valence-electron chi connectivity index (χ2n) is 11.9. The van der Waals surface area contributed by atoms with E-state index in [-0.39, 0.29) is 40.0 Å². The van der Waals surface area contributed by atoms with Crippen molar-refractivity contribution < 1.29 is 58.6 Å². The van der Waals surface area contributed by atoms with Crippen LogP contribution in [0.4, 0.5) is 0 Å². The molecule has 1 saturated heterocycles. The number of aliphatic hydroxyl groups is 2. The van der Waals surface area contributed by atoms with Crippen LogP contribution in [-0.2, 0) is 25.4 Å². The molecule has 6 rings (SSSR count). The maximum atomic E-state index is 13.8. The Morgan fingerprint density at radius 2 is 1.70 bits per heavy atom. The predicted octanol–water partition coefficient (Wildman–Crippen LogP) is 1.87. The number of phenolic OH excluding ortho intramolecular Hbond substituents is 2. The predicted molar refractivity (Wildman–Crippen MR) is 161 cm³/mol. The van der Waals surface area contributed by atoms with Gasteiger partial charge in [0.2, 0.25) is 11.6 Å². The third-order valence-corrected chi connectivity index (χ3v) is 9.01. The summed E-state index contributed by atoms with van der Waals surface area (Å²) in [6, 6.07) is 11.5. The molecule has 0 aromatic heterocycles. The number of hydrogen-bond donors (Lipinski definition) is 5. The van der Waals surface area contributed by atoms with Gasteiger partial charge < -0.3 is 45.1 Å². The monoisotopic (exact) mass is 647 g/mol. The molecule has 2 aliphatic carbocycles. The molecule has 47 heavy (non-hydrogen) atoms. The van der Waals surface area contributed by atoms with E-state index in [0.717, 1.165) is 0 Å². The minimum absolute atomic E-state index is 0.0158. The van der Waals surface area contributed by atoms with Crippen molar-refractivity contribution in [2.24, 2.45) is 5.73 Å². The van der Waals surface area contributed by atoms with E-state index in [2.05, 4.69) is 0 Å². The van der Waals surface area contributed by atoms with Crippen LogP contribution in [0.25, 0.3) is 0 Å². The average molecular weight is 648 g/mol. The highest BCUT2D eigenvalue weighted by atomic mass is 16.7. The molecule has 1 heterocycles. The second kappa shape index (κ2) is 12.2. The molecule has 1 fully saturated rings. The van der Waals surface area contributed by atoms with Gasteiger partial charge in [-0.2, -0.15) is 0 Å². The van der Waals surface area contributed by atoms with E-state index >= 15 is 0 Å². The lowest BCUT2D eigenvalue weighted by Gasteiger charge is -2.42. The maximum Gasteiger partial charge on any atom is 0.338 e. The summed E-state index contributed by atoms with van der Waals surface area (Å²) < 4.78 is 22.4. The molecule has 0 bridgehead atoms. The van der Waals surface area contributed by atoms with Crippen molar-refractivity contribution in [3.8, 4) is 17.2 Å². The molecule has 3 aliphatic rings. The van der Waals surface area contributed by atoms with Crippen LogP contribution in [0.2, 0.25) is 0 Å². The van der Waals surface area contributed by atoms with Gasteiger partial charge in [0.25, 0.3) is 0 Å². The molecule has 0 radical (unpaired) electrons. The first-order valence-electron chi connectivity index (χ1n) is 15.0. The average Bonchev–Trinajstić information content (AvgIpc) is 3.06. The quantitative estimate of drug-likeness (QED) is 0.143. The van der Waals surface area contributed by atoms with Crippen LogP contribution in [0.1, 0.15) is 79.2 Å². The molecule has 13 heteroatoms. The standard InChI is InChI=1S/C34H33NO12/c1-15-28(37)19(35)11-23(46-15)47-21-13-34(43,22(36)14-45-33(42)16-7-4-3-5-8-16)12-18-25(21)32(41)27-26(30(18)39)29(38)17-9-6-10-20(44-2)24(17)31(27)40/h3-10,15,19,21,23,28,37,39,41,43H,11-14,35H2,1-2H3/t15?,19?,21-,23?,28?,34-/m0/s1. The van der Waals surface area contributed by atoms with Crippen molar-refractivity contribution in [1.82, 2.24) is 0 Å². The fourth-order valence-electron chi connectivity index (χ4n) is 6.53. The zero-order chi connectivity index (χ0) is 33.8. The number of aliphatic hydroxyl groups excluding tert-OH is 1. The van der Waals surface area contributed by atoms with E-state index < -0.39 is 102 Å². The topological polar surface area (TPSA) is 212 Å². The third-order valence-electron chi connectivity index (χ3n) is 9.01. The van der Waals surface area contributed by atoms with Crippen molar-refractivity contribution >= 4 is 23.3 Å². The maximum absolute atomic E-state index is 13.8. The van der Waals surface area contributed by atoms with Gasteiger partial charge in [0.05, 0.1) is 47.7 Å². The van der Waals surface area contributed by atoms with Crippen LogP contribution in [0.15, 0.2) is 48.5 Å². The van der Waals surface area contributed by atoms with Gasteiger partial charge in [0.15, 0.2) is 18.7 Å². The largest absolute Gasteiger partial charge is 0.507 e. The Morgan fingerprint density at radius 3 is 2.38 bits per heavy atom. The molecule has 6 N–H and O–H groups in total. The highest BCUT2D eigenvalue weighted by molar-refractivity contribution is 6.31. The van der Waals surface area contributed by atoms with E-state index in [9.17, 15) is 39.6 Å². The van der Waals surface area contributed by atoms with Crippen molar-refractivity contribution in [3.63, 3.8) is 0 Å². The first-order valence-corrected chi connectivity index (χ1v) is 15.0. The van der Waals surface area contributed by atoms with E-state index in [4.69, 9.17) is 24.7 Å². The first kappa shape index (κ1) is 32.3. The number of methoxy groups -OCH3 is 1. The molecular weight excluding hydrogens is 614 g/mol. The number of nitrogens with two attached hydrogens (primary N) is 1. The number of phenols is 2. The summed E-state index contributed by atoms with van der Waals surface area (Å²) >= 11 is 0. The van der Waals surface area contributed by atoms with Gasteiger partial charge in [-0.3, -0.25) is 14.4 Å². The highest BCUT2D eigenvalue weighted by Crippen LogP contribution is 2.52. The normalized spacial score (nSPS) is 26.5. The first-order chi connectivity index (χ1) is 22.4. The van der Waals surface area contributed by atoms with Gasteiger partial charge >= 0.3 is 5.97 Å². The van der Waals surface area contributed by atoms with Gasteiger partial charge in [-0.15, -0.1) is 0 Å². The van der Waals surface area contributed by atoms with Gasteiger partial charge in [-0.1, -0.05) is 30.3 Å². The number of esters is 1. The Morgan fingerprint density at radius 1 is 1.00 bits per heavy atom. The second-order valence-corrected chi connectivity index (χ2v) is 11.9. The van der Waals surface area contributed by atoms with Crippen LogP contribution in [0.5, 0.6) is 17.2 Å². The summed E-state index contributed by atoms with van der Waals surface area (Å²) in [5.41, 5.74) is 2.39. The summed E-state index contributed by atoms with van der Waals surface area (Å²) in [5.74, 6) is -4.67. The molecular formula is C34H33NO12. The Hall–Kier alpha value is -4.66. The molecule has 6 atom stereocenters. The molecule has 0 saturated carbocycles. The molecule has 3 aromatic carbocycles. The molecule has 4 unspecified atom stereocenters. The number of carbonyl (C=O) groups excluding carboxylic acids is 4. The number of carbonyl (C=O) groups is 4. The summed E-state index contributed by atoms with van der Waals surface area (Å²) in [5, 5.41) is 45.4. The van der Waals surface area contributed by atoms with Crippen LogP contribution in [-0.4, -0.2) is 87.6 Å². The Bertz CT molecular complexity index is 1780. The molecule has 3 aromatic rings. The van der Waals surface area contributed by atoms with E-state index in [1.165, 1.54) is 37.4 Å². The number of rotatable bonds is 7. The van der Waals surface area contributed by atoms with Crippen molar-refractivity contribution in [3.05, 3.63) is 87.5 Å². The van der Waals surface area contributed by atoms with Gasteiger partial charge in [0.1, 0.15) is 22.8 Å². The fraction of sp³-hybridized carbons (Fsp3) is 0.353. The molecule has 0 spiro atoms. The minimum Gasteiger partial charge on any atom is -0.507 e. The van der Waals surface area contributed by atoms with Crippen LogP contribution in [0.3, 0.4) is 0 Å². The summed E-state index contributed by atoms with van der Waals surface area (Å²) in [4.78, 5) is 53.7. The molecule has 1 aliphatic heterocycles. The molecule has 246 valence electrons. The van der Waals surface area contributed by atoms with E-state index in [1.807, 2.05) is 0 Å². The van der Waals surface area contributed by atoms with Gasteiger partial charge in [-0.25, -0.2) is 4.79 Å². The fourth-order valence-corrected chi connectivity index (χ4v) is 6.53. The lowest BCUT2D eigenvalue weighted by molar-refractivity contribution is -0.247. The smallest absolute Gasteiger partial charge is 0.338 e. The zero-order valence-corrected chi connectivity index (χ0v) is 25.5. The third kappa shape index (κ3) is 5.45. The zero-order valence-electron chi connectivity index (χ0n) is 25.5. The number of benzene rings is 3.